The van der Waals surface area contributed by atoms with Gasteiger partial charge in [0.2, 0.25) is 0 Å². The van der Waals surface area contributed by atoms with E-state index in [1.54, 1.807) is 0 Å². The summed E-state index contributed by atoms with van der Waals surface area (Å²) in [5, 5.41) is 2.85. The van der Waals surface area contributed by atoms with Gasteiger partial charge in [0.05, 0.1) is 19.3 Å². The number of carbonyl (C=O) groups is 1. The first-order valence-corrected chi connectivity index (χ1v) is 12.0. The molecule has 2 unspecified atom stereocenters. The van der Waals surface area contributed by atoms with Crippen molar-refractivity contribution in [2.24, 2.45) is 0 Å². The molecule has 7 heteroatoms. The van der Waals surface area contributed by atoms with Crippen LogP contribution in [0.1, 0.15) is 53.4 Å². The summed E-state index contributed by atoms with van der Waals surface area (Å²) in [6.07, 6.45) is 2.32. The molecule has 2 atom stereocenters. The summed E-state index contributed by atoms with van der Waals surface area (Å²) in [6.45, 7) is 7.45. The molecule has 2 aliphatic heterocycles. The van der Waals surface area contributed by atoms with Gasteiger partial charge in [-0.1, -0.05) is 25.1 Å². The van der Waals surface area contributed by atoms with E-state index in [0.717, 1.165) is 55.9 Å². The third kappa shape index (κ3) is 4.65. The van der Waals surface area contributed by atoms with Crippen LogP contribution in [-0.4, -0.2) is 36.7 Å². The zero-order chi connectivity index (χ0) is 24.7. The largest absolute Gasteiger partial charge is 0.377 e. The highest BCUT2D eigenvalue weighted by atomic mass is 19.3. The number of morpholine rings is 1. The fraction of sp³-hybridized carbons (Fsp3) is 0.357. The van der Waals surface area contributed by atoms with Crippen molar-refractivity contribution < 1.29 is 18.3 Å². The Morgan fingerprint density at radius 3 is 2.80 bits per heavy atom. The van der Waals surface area contributed by atoms with Crippen LogP contribution in [0.3, 0.4) is 0 Å². The Labute approximate surface area is 204 Å². The maximum absolute atomic E-state index is 13.7. The van der Waals surface area contributed by atoms with E-state index in [-0.39, 0.29) is 5.56 Å². The van der Waals surface area contributed by atoms with Gasteiger partial charge in [-0.15, -0.1) is 0 Å². The molecule has 3 heterocycles. The Morgan fingerprint density at radius 1 is 1.17 bits per heavy atom. The minimum Gasteiger partial charge on any atom is -0.377 e. The minimum absolute atomic E-state index is 0.139. The molecule has 182 valence electrons. The van der Waals surface area contributed by atoms with Crippen LogP contribution in [0.5, 0.6) is 0 Å². The fourth-order valence-corrected chi connectivity index (χ4v) is 5.10. The van der Waals surface area contributed by atoms with E-state index in [4.69, 9.17) is 4.74 Å². The molecule has 0 radical (unpaired) electrons. The zero-order valence-corrected chi connectivity index (χ0v) is 20.1. The zero-order valence-electron chi connectivity index (χ0n) is 20.1. The molecule has 1 amide bonds. The van der Waals surface area contributed by atoms with Crippen LogP contribution in [0.25, 0.3) is 11.1 Å². The topological polar surface area (TPSA) is 54.5 Å². The van der Waals surface area contributed by atoms with Gasteiger partial charge in [0.1, 0.15) is 5.69 Å². The van der Waals surface area contributed by atoms with Crippen LogP contribution in [0.2, 0.25) is 0 Å². The second-order valence-corrected chi connectivity index (χ2v) is 9.63. The van der Waals surface area contributed by atoms with Crippen molar-refractivity contribution in [3.8, 4) is 11.1 Å². The number of alkyl halides is 2. The molecule has 5 rings (SSSR count). The summed E-state index contributed by atoms with van der Waals surface area (Å²) < 4.78 is 33.0. The molecule has 0 spiro atoms. The number of aromatic nitrogens is 1. The Balaban J connectivity index is 1.44. The average Bonchev–Trinajstić information content (AvgIpc) is 2.84. The summed E-state index contributed by atoms with van der Waals surface area (Å²) in [7, 11) is 0. The normalized spacial score (nSPS) is 19.6. The first-order valence-electron chi connectivity index (χ1n) is 12.0. The lowest BCUT2D eigenvalue weighted by Crippen LogP contribution is -2.48. The SMILES string of the molecule is Cc1ccc(NC(=O)c2ccnc(C(C)(F)F)c2)cc1-c1ccc2c(c1)N1CCOCC1CC2C. The van der Waals surface area contributed by atoms with Crippen molar-refractivity contribution in [1.82, 2.24) is 4.98 Å². The number of fused-ring (bicyclic) bond motifs is 3. The van der Waals surface area contributed by atoms with Gasteiger partial charge in [0.25, 0.3) is 11.8 Å². The number of aryl methyl sites for hydroxylation is 1. The molecule has 0 bridgehead atoms. The van der Waals surface area contributed by atoms with Crippen molar-refractivity contribution >= 4 is 17.3 Å². The van der Waals surface area contributed by atoms with Crippen LogP contribution in [0.15, 0.2) is 54.7 Å². The number of benzene rings is 2. The summed E-state index contributed by atoms with van der Waals surface area (Å²) in [6, 6.07) is 15.3. The number of halogens is 2. The van der Waals surface area contributed by atoms with Gasteiger partial charge < -0.3 is 15.0 Å². The monoisotopic (exact) mass is 477 g/mol. The van der Waals surface area contributed by atoms with Gasteiger partial charge in [0, 0.05) is 36.6 Å². The lowest BCUT2D eigenvalue weighted by atomic mass is 9.85. The molecule has 2 aliphatic rings. The van der Waals surface area contributed by atoms with Gasteiger partial charge in [-0.3, -0.25) is 9.78 Å². The van der Waals surface area contributed by atoms with Crippen LogP contribution in [0, 0.1) is 6.92 Å². The maximum atomic E-state index is 13.7. The predicted molar refractivity (Wildman–Crippen MR) is 133 cm³/mol. The van der Waals surface area contributed by atoms with Crippen molar-refractivity contribution in [1.29, 1.82) is 0 Å². The molecule has 3 aromatic rings. The Morgan fingerprint density at radius 2 is 2.00 bits per heavy atom. The van der Waals surface area contributed by atoms with E-state index in [0.29, 0.717) is 17.6 Å². The number of nitrogens with one attached hydrogen (secondary N) is 1. The molecule has 35 heavy (non-hydrogen) atoms. The number of anilines is 2. The number of rotatable bonds is 4. The van der Waals surface area contributed by atoms with E-state index in [2.05, 4.69) is 40.3 Å². The van der Waals surface area contributed by atoms with Gasteiger partial charge in [-0.05, 0) is 71.8 Å². The second-order valence-electron chi connectivity index (χ2n) is 9.63. The van der Waals surface area contributed by atoms with Gasteiger partial charge in [0.15, 0.2) is 0 Å². The minimum atomic E-state index is -3.11. The first-order chi connectivity index (χ1) is 16.7. The second kappa shape index (κ2) is 9.04. The third-order valence-corrected chi connectivity index (χ3v) is 7.00. The lowest BCUT2D eigenvalue weighted by molar-refractivity contribution is 0.0127. The molecule has 1 aromatic heterocycles. The Hall–Kier alpha value is -3.32. The van der Waals surface area contributed by atoms with Crippen molar-refractivity contribution in [3.63, 3.8) is 0 Å². The number of hydrogen-bond acceptors (Lipinski definition) is 4. The van der Waals surface area contributed by atoms with Crippen LogP contribution >= 0.6 is 0 Å². The molecular formula is C28H29F2N3O2. The van der Waals surface area contributed by atoms with E-state index < -0.39 is 17.5 Å². The predicted octanol–water partition coefficient (Wildman–Crippen LogP) is 6.13. The third-order valence-electron chi connectivity index (χ3n) is 7.00. The van der Waals surface area contributed by atoms with E-state index in [1.807, 2.05) is 25.1 Å². The molecule has 1 N–H and O–H groups in total. The van der Waals surface area contributed by atoms with E-state index in [1.165, 1.54) is 23.5 Å². The molecule has 0 aliphatic carbocycles. The highest BCUT2D eigenvalue weighted by molar-refractivity contribution is 6.04. The number of nitrogens with zero attached hydrogens (tertiary/aromatic N) is 2. The molecule has 2 aromatic carbocycles. The molecule has 0 saturated carbocycles. The summed E-state index contributed by atoms with van der Waals surface area (Å²) in [5.41, 5.74) is 6.11. The molecule has 1 fully saturated rings. The fourth-order valence-electron chi connectivity index (χ4n) is 5.10. The summed E-state index contributed by atoms with van der Waals surface area (Å²) in [5.74, 6) is -3.10. The van der Waals surface area contributed by atoms with Crippen molar-refractivity contribution in [2.75, 3.05) is 30.0 Å². The standard InChI is InChI=1S/C28H29F2N3O2/c1-17-4-6-21(32-27(34)20-8-9-31-26(14-20)28(3,29)30)15-24(17)19-5-7-23-18(2)12-22-16-35-11-10-33(22)25(23)13-19/h4-9,13-15,18,22H,10-12,16H2,1-3H3,(H,32,34). The van der Waals surface area contributed by atoms with E-state index in [9.17, 15) is 13.6 Å². The molecular weight excluding hydrogens is 448 g/mol. The Kier molecular flexibility index (Phi) is 6.05. The highest BCUT2D eigenvalue weighted by Crippen LogP contribution is 2.42. The van der Waals surface area contributed by atoms with Crippen LogP contribution in [0.4, 0.5) is 20.2 Å². The average molecular weight is 478 g/mol. The lowest BCUT2D eigenvalue weighted by Gasteiger charge is -2.44. The summed E-state index contributed by atoms with van der Waals surface area (Å²) in [4.78, 5) is 19.0. The van der Waals surface area contributed by atoms with Crippen molar-refractivity contribution in [3.05, 3.63) is 77.1 Å². The number of ether oxygens (including phenoxy) is 1. The molecule has 1 saturated heterocycles. The maximum Gasteiger partial charge on any atom is 0.286 e. The van der Waals surface area contributed by atoms with Gasteiger partial charge >= 0.3 is 0 Å². The van der Waals surface area contributed by atoms with E-state index >= 15 is 0 Å². The van der Waals surface area contributed by atoms with Crippen LogP contribution < -0.4 is 10.2 Å². The number of hydrogen-bond donors (Lipinski definition) is 1. The van der Waals surface area contributed by atoms with Crippen molar-refractivity contribution in [2.45, 2.75) is 45.1 Å². The number of pyridine rings is 1. The number of carbonyl (C=O) groups excluding carboxylic acids is 1. The van der Waals surface area contributed by atoms with Gasteiger partial charge in [-0.2, -0.15) is 8.78 Å². The number of amides is 1. The summed E-state index contributed by atoms with van der Waals surface area (Å²) >= 11 is 0. The quantitative estimate of drug-likeness (QED) is 0.491. The smallest absolute Gasteiger partial charge is 0.286 e. The Bertz CT molecular complexity index is 1270. The molecule has 5 nitrogen and oxygen atoms in total. The van der Waals surface area contributed by atoms with Gasteiger partial charge in [-0.25, -0.2) is 0 Å². The first kappa shape index (κ1) is 23.4. The van der Waals surface area contributed by atoms with Crippen LogP contribution in [-0.2, 0) is 10.7 Å². The highest BCUT2D eigenvalue weighted by Gasteiger charge is 2.33.